The second-order valence-corrected chi connectivity index (χ2v) is 6.69. The van der Waals surface area contributed by atoms with Crippen LogP contribution < -0.4 is 14.4 Å². The van der Waals surface area contributed by atoms with E-state index in [4.69, 9.17) is 9.47 Å². The molecule has 0 unspecified atom stereocenters. The Morgan fingerprint density at radius 3 is 2.50 bits per heavy atom. The number of carbonyl (C=O) groups is 1. The number of piperazine rings is 1. The van der Waals surface area contributed by atoms with E-state index in [0.717, 1.165) is 35.4 Å². The van der Waals surface area contributed by atoms with Crippen LogP contribution in [-0.2, 0) is 4.79 Å². The van der Waals surface area contributed by atoms with E-state index in [0.29, 0.717) is 18.8 Å². The number of methoxy groups -OCH3 is 1. The first-order valence-electron chi connectivity index (χ1n) is 9.38. The molecule has 1 saturated heterocycles. The minimum absolute atomic E-state index is 0.00214. The van der Waals surface area contributed by atoms with Crippen LogP contribution in [-0.4, -0.2) is 55.7 Å². The second-order valence-electron chi connectivity index (χ2n) is 6.69. The van der Waals surface area contributed by atoms with Gasteiger partial charge >= 0.3 is 0 Å². The number of nitrogens with zero attached hydrogens (tertiary/aromatic N) is 3. The predicted molar refractivity (Wildman–Crippen MR) is 109 cm³/mol. The second kappa shape index (κ2) is 8.17. The molecule has 2 heterocycles. The lowest BCUT2D eigenvalue weighted by atomic mass is 10.2. The Kier molecular flexibility index (Phi) is 5.28. The molecule has 0 atom stereocenters. The van der Waals surface area contributed by atoms with Crippen molar-refractivity contribution >= 4 is 22.5 Å². The summed E-state index contributed by atoms with van der Waals surface area (Å²) in [6.07, 6.45) is 1.73. The van der Waals surface area contributed by atoms with Crippen molar-refractivity contribution in [3.8, 4) is 11.5 Å². The number of anilines is 1. The van der Waals surface area contributed by atoms with Crippen LogP contribution >= 0.6 is 0 Å². The molecule has 0 saturated carbocycles. The maximum atomic E-state index is 12.6. The van der Waals surface area contributed by atoms with E-state index < -0.39 is 0 Å². The topological polar surface area (TPSA) is 54.9 Å². The van der Waals surface area contributed by atoms with Crippen LogP contribution in [0.5, 0.6) is 11.5 Å². The molecule has 6 nitrogen and oxygen atoms in total. The highest BCUT2D eigenvalue weighted by Crippen LogP contribution is 2.23. The van der Waals surface area contributed by atoms with Gasteiger partial charge in [0.1, 0.15) is 17.0 Å². The number of benzene rings is 2. The van der Waals surface area contributed by atoms with Crippen molar-refractivity contribution in [1.29, 1.82) is 0 Å². The molecule has 0 N–H and O–H groups in total. The van der Waals surface area contributed by atoms with Crippen molar-refractivity contribution in [2.45, 2.75) is 0 Å². The molecule has 0 bridgehead atoms. The van der Waals surface area contributed by atoms with E-state index >= 15 is 0 Å². The SMILES string of the molecule is COc1ccc(N2CCN(C(=O)COc3cccc4cccnc34)CC2)cc1. The van der Waals surface area contributed by atoms with Crippen LogP contribution in [0.1, 0.15) is 0 Å². The third-order valence-corrected chi connectivity index (χ3v) is 5.02. The van der Waals surface area contributed by atoms with Crippen LogP contribution in [0, 0.1) is 0 Å². The van der Waals surface area contributed by atoms with Gasteiger partial charge in [0, 0.05) is 43.4 Å². The fourth-order valence-corrected chi connectivity index (χ4v) is 3.43. The molecular weight excluding hydrogens is 354 g/mol. The Bertz CT molecular complexity index is 945. The molecule has 28 heavy (non-hydrogen) atoms. The molecule has 1 amide bonds. The lowest BCUT2D eigenvalue weighted by Crippen LogP contribution is -2.50. The van der Waals surface area contributed by atoms with Crippen molar-refractivity contribution in [1.82, 2.24) is 9.88 Å². The number of rotatable bonds is 5. The Hall–Kier alpha value is -3.28. The quantitative estimate of drug-likeness (QED) is 0.684. The number of aromatic nitrogens is 1. The van der Waals surface area contributed by atoms with Gasteiger partial charge in [-0.15, -0.1) is 0 Å². The van der Waals surface area contributed by atoms with Crippen LogP contribution in [0.25, 0.3) is 10.9 Å². The highest BCUT2D eigenvalue weighted by atomic mass is 16.5. The summed E-state index contributed by atoms with van der Waals surface area (Å²) in [5.74, 6) is 1.49. The Morgan fingerprint density at radius 2 is 1.75 bits per heavy atom. The first kappa shape index (κ1) is 18.1. The average Bonchev–Trinajstić information content (AvgIpc) is 2.77. The van der Waals surface area contributed by atoms with Gasteiger partial charge in [-0.3, -0.25) is 9.78 Å². The van der Waals surface area contributed by atoms with Gasteiger partial charge in [-0.1, -0.05) is 18.2 Å². The van der Waals surface area contributed by atoms with Gasteiger partial charge in [0.25, 0.3) is 5.91 Å². The largest absolute Gasteiger partial charge is 0.497 e. The Labute approximate surface area is 164 Å². The summed E-state index contributed by atoms with van der Waals surface area (Å²) in [6, 6.07) is 17.6. The normalized spacial score (nSPS) is 14.2. The highest BCUT2D eigenvalue weighted by Gasteiger charge is 2.22. The zero-order chi connectivity index (χ0) is 19.3. The van der Waals surface area contributed by atoms with Gasteiger partial charge in [-0.05, 0) is 36.4 Å². The molecule has 1 fully saturated rings. The summed E-state index contributed by atoms with van der Waals surface area (Å²) in [6.45, 7) is 2.99. The van der Waals surface area contributed by atoms with Crippen LogP contribution in [0.2, 0.25) is 0 Å². The molecule has 1 aliphatic rings. The number of pyridine rings is 1. The van der Waals surface area contributed by atoms with E-state index in [9.17, 15) is 4.79 Å². The van der Waals surface area contributed by atoms with Crippen molar-refractivity contribution < 1.29 is 14.3 Å². The summed E-state index contributed by atoms with van der Waals surface area (Å²) in [5, 5.41) is 1.00. The molecule has 2 aromatic carbocycles. The fraction of sp³-hybridized carbons (Fsp3) is 0.273. The minimum Gasteiger partial charge on any atom is -0.497 e. The Balaban J connectivity index is 1.32. The average molecular weight is 377 g/mol. The standard InChI is InChI=1S/C22H23N3O3/c1-27-19-9-7-18(8-10-19)24-12-14-25(15-13-24)21(26)16-28-20-6-2-4-17-5-3-11-23-22(17)20/h2-11H,12-16H2,1H3. The monoisotopic (exact) mass is 377 g/mol. The van der Waals surface area contributed by atoms with E-state index in [1.165, 1.54) is 0 Å². The van der Waals surface area contributed by atoms with Gasteiger partial charge < -0.3 is 19.3 Å². The van der Waals surface area contributed by atoms with Gasteiger partial charge in [0.05, 0.1) is 7.11 Å². The third kappa shape index (κ3) is 3.86. The first-order valence-corrected chi connectivity index (χ1v) is 9.38. The van der Waals surface area contributed by atoms with E-state index in [2.05, 4.69) is 9.88 Å². The zero-order valence-corrected chi connectivity index (χ0v) is 15.9. The number of amides is 1. The molecular formula is C22H23N3O3. The molecule has 1 aromatic heterocycles. The summed E-state index contributed by atoms with van der Waals surface area (Å²) in [4.78, 5) is 21.1. The molecule has 3 aromatic rings. The van der Waals surface area contributed by atoms with Gasteiger partial charge in [-0.2, -0.15) is 0 Å². The maximum absolute atomic E-state index is 12.6. The molecule has 0 aliphatic carbocycles. The molecule has 144 valence electrons. The molecule has 6 heteroatoms. The van der Waals surface area contributed by atoms with Gasteiger partial charge in [-0.25, -0.2) is 0 Å². The smallest absolute Gasteiger partial charge is 0.260 e. The number of fused-ring (bicyclic) bond motifs is 1. The highest BCUT2D eigenvalue weighted by molar-refractivity contribution is 5.85. The maximum Gasteiger partial charge on any atom is 0.260 e. The lowest BCUT2D eigenvalue weighted by Gasteiger charge is -2.36. The zero-order valence-electron chi connectivity index (χ0n) is 15.9. The number of hydrogen-bond donors (Lipinski definition) is 0. The molecule has 1 aliphatic heterocycles. The molecule has 4 rings (SSSR count). The Morgan fingerprint density at radius 1 is 1.00 bits per heavy atom. The number of para-hydroxylation sites is 1. The number of carbonyl (C=O) groups excluding carboxylic acids is 1. The summed E-state index contributed by atoms with van der Waals surface area (Å²) in [5.41, 5.74) is 1.92. The van der Waals surface area contributed by atoms with Crippen LogP contribution in [0.3, 0.4) is 0 Å². The number of ether oxygens (including phenoxy) is 2. The predicted octanol–water partition coefficient (Wildman–Crippen LogP) is 2.97. The summed E-state index contributed by atoms with van der Waals surface area (Å²) < 4.78 is 11.0. The fourth-order valence-electron chi connectivity index (χ4n) is 3.43. The minimum atomic E-state index is 0.00214. The van der Waals surface area contributed by atoms with Crippen molar-refractivity contribution in [2.24, 2.45) is 0 Å². The van der Waals surface area contributed by atoms with Crippen LogP contribution in [0.4, 0.5) is 5.69 Å². The first-order chi connectivity index (χ1) is 13.7. The van der Waals surface area contributed by atoms with Crippen molar-refractivity contribution in [3.63, 3.8) is 0 Å². The van der Waals surface area contributed by atoms with E-state index in [1.54, 1.807) is 13.3 Å². The third-order valence-electron chi connectivity index (χ3n) is 5.02. The molecule has 0 radical (unpaired) electrons. The van der Waals surface area contributed by atoms with Gasteiger partial charge in [0.2, 0.25) is 0 Å². The van der Waals surface area contributed by atoms with E-state index in [-0.39, 0.29) is 12.5 Å². The number of hydrogen-bond acceptors (Lipinski definition) is 5. The van der Waals surface area contributed by atoms with Crippen LogP contribution in [0.15, 0.2) is 60.8 Å². The lowest BCUT2D eigenvalue weighted by molar-refractivity contribution is -0.133. The summed E-state index contributed by atoms with van der Waals surface area (Å²) >= 11 is 0. The van der Waals surface area contributed by atoms with Crippen molar-refractivity contribution in [2.75, 3.05) is 44.8 Å². The van der Waals surface area contributed by atoms with Gasteiger partial charge in [0.15, 0.2) is 6.61 Å². The van der Waals surface area contributed by atoms with Crippen molar-refractivity contribution in [3.05, 3.63) is 60.8 Å². The summed E-state index contributed by atoms with van der Waals surface area (Å²) in [7, 11) is 1.66. The molecule has 0 spiro atoms. The van der Waals surface area contributed by atoms with E-state index in [1.807, 2.05) is 59.5 Å².